The number of benzene rings is 4. The van der Waals surface area contributed by atoms with Gasteiger partial charge in [0.15, 0.2) is 0 Å². The van der Waals surface area contributed by atoms with Crippen LogP contribution in [-0.2, 0) is 14.8 Å². The zero-order valence-corrected chi connectivity index (χ0v) is 20.8. The molecule has 37 heavy (non-hydrogen) atoms. The van der Waals surface area contributed by atoms with Crippen molar-refractivity contribution in [2.45, 2.75) is 29.8 Å². The van der Waals surface area contributed by atoms with Crippen molar-refractivity contribution in [3.05, 3.63) is 108 Å². The minimum atomic E-state index is -3.95. The molecule has 8 heteroatoms. The first kappa shape index (κ1) is 24.7. The van der Waals surface area contributed by atoms with E-state index in [1.54, 1.807) is 54.6 Å². The van der Waals surface area contributed by atoms with Crippen molar-refractivity contribution >= 4 is 33.0 Å². The highest BCUT2D eigenvalue weighted by atomic mass is 32.2. The van der Waals surface area contributed by atoms with Gasteiger partial charge in [-0.15, -0.1) is 0 Å². The Hall–Kier alpha value is -4.01. The molecule has 4 aromatic carbocycles. The number of carbonyl (C=O) groups excluding carboxylic acids is 2. The summed E-state index contributed by atoms with van der Waals surface area (Å²) in [5.74, 6) is 0.268. The van der Waals surface area contributed by atoms with Gasteiger partial charge in [0.25, 0.3) is 0 Å². The van der Waals surface area contributed by atoms with Gasteiger partial charge >= 0.3 is 0 Å². The highest BCUT2D eigenvalue weighted by molar-refractivity contribution is 7.89. The van der Waals surface area contributed by atoms with Gasteiger partial charge in [-0.1, -0.05) is 78.9 Å². The third kappa shape index (κ3) is 5.40. The van der Waals surface area contributed by atoms with Gasteiger partial charge in [-0.25, -0.2) is 13.1 Å². The molecular weight excluding hydrogens is 488 g/mol. The second-order valence-corrected chi connectivity index (χ2v) is 10.6. The lowest BCUT2D eigenvalue weighted by molar-refractivity contribution is -0.122. The molecule has 0 aliphatic carbocycles. The van der Waals surface area contributed by atoms with Crippen molar-refractivity contribution in [2.75, 3.05) is 6.61 Å². The van der Waals surface area contributed by atoms with Crippen LogP contribution in [0.2, 0.25) is 0 Å². The van der Waals surface area contributed by atoms with E-state index in [0.717, 1.165) is 17.2 Å². The van der Waals surface area contributed by atoms with Crippen molar-refractivity contribution in [3.63, 3.8) is 0 Å². The lowest BCUT2D eigenvalue weighted by atomic mass is 9.98. The fourth-order valence-corrected chi connectivity index (χ4v) is 6.12. The predicted molar refractivity (Wildman–Crippen MR) is 141 cm³/mol. The summed E-state index contributed by atoms with van der Waals surface area (Å²) in [6.45, 7) is 0.399. The highest BCUT2D eigenvalue weighted by Crippen LogP contribution is 2.33. The van der Waals surface area contributed by atoms with Gasteiger partial charge in [0.1, 0.15) is 12.0 Å². The average molecular weight is 515 g/mol. The topological polar surface area (TPSA) is 102 Å². The zero-order valence-electron chi connectivity index (χ0n) is 20.0. The fourth-order valence-electron chi connectivity index (χ4n) is 4.66. The summed E-state index contributed by atoms with van der Waals surface area (Å²) < 4.78 is 35.5. The molecule has 2 unspecified atom stereocenters. The molecule has 0 radical (unpaired) electrons. The molecule has 0 fully saturated rings. The molecule has 0 bridgehead atoms. The van der Waals surface area contributed by atoms with E-state index in [0.29, 0.717) is 35.3 Å². The van der Waals surface area contributed by atoms with Crippen LogP contribution in [0, 0.1) is 0 Å². The Kier molecular flexibility index (Phi) is 7.03. The van der Waals surface area contributed by atoms with E-state index in [9.17, 15) is 18.0 Å². The van der Waals surface area contributed by atoms with Crippen LogP contribution >= 0.6 is 0 Å². The van der Waals surface area contributed by atoms with Gasteiger partial charge in [0, 0.05) is 29.4 Å². The lowest BCUT2D eigenvalue weighted by Gasteiger charge is -2.28. The molecular formula is C29H26N2O5S. The van der Waals surface area contributed by atoms with Gasteiger partial charge in [0.2, 0.25) is 15.9 Å². The summed E-state index contributed by atoms with van der Waals surface area (Å²) in [5.41, 5.74) is 1.97. The van der Waals surface area contributed by atoms with Gasteiger partial charge in [-0.3, -0.25) is 9.59 Å². The maximum atomic E-state index is 13.5. The van der Waals surface area contributed by atoms with Crippen LogP contribution in [0.15, 0.2) is 95.9 Å². The third-order valence-electron chi connectivity index (χ3n) is 6.48. The molecule has 1 aliphatic rings. The number of aldehydes is 1. The molecule has 2 N–H and O–H groups in total. The van der Waals surface area contributed by atoms with Crippen molar-refractivity contribution in [2.24, 2.45) is 0 Å². The van der Waals surface area contributed by atoms with Crippen LogP contribution in [0.3, 0.4) is 0 Å². The fraction of sp³-hybridized carbons (Fsp3) is 0.172. The summed E-state index contributed by atoms with van der Waals surface area (Å²) in [5, 5.41) is 4.45. The molecule has 4 aromatic rings. The first-order valence-corrected chi connectivity index (χ1v) is 13.5. The lowest BCUT2D eigenvalue weighted by Crippen LogP contribution is -2.36. The first-order valence-electron chi connectivity index (χ1n) is 12.0. The number of amides is 1. The molecule has 0 saturated carbocycles. The molecule has 0 aromatic heterocycles. The number of carbonyl (C=O) groups is 2. The summed E-state index contributed by atoms with van der Waals surface area (Å²) in [6, 6.07) is 25.5. The van der Waals surface area contributed by atoms with E-state index in [-0.39, 0.29) is 23.3 Å². The molecule has 2 atom stereocenters. The van der Waals surface area contributed by atoms with Crippen LogP contribution < -0.4 is 14.8 Å². The number of nitrogens with one attached hydrogen (secondary N) is 2. The summed E-state index contributed by atoms with van der Waals surface area (Å²) in [4.78, 5) is 24.5. The van der Waals surface area contributed by atoms with E-state index in [4.69, 9.17) is 4.74 Å². The molecule has 1 aliphatic heterocycles. The van der Waals surface area contributed by atoms with Crippen molar-refractivity contribution < 1.29 is 22.7 Å². The normalized spacial score (nSPS) is 15.8. The molecule has 0 saturated heterocycles. The third-order valence-corrected chi connectivity index (χ3v) is 8.01. The Bertz CT molecular complexity index is 1550. The predicted octanol–water partition coefficient (Wildman–Crippen LogP) is 4.70. The molecule has 188 valence electrons. The molecule has 0 spiro atoms. The first-order chi connectivity index (χ1) is 17.9. The second-order valence-electron chi connectivity index (χ2n) is 8.94. The summed E-state index contributed by atoms with van der Waals surface area (Å²) >= 11 is 0. The minimum Gasteiger partial charge on any atom is -0.493 e. The molecule has 7 nitrogen and oxygen atoms in total. The Morgan fingerprint density at radius 2 is 1.73 bits per heavy atom. The number of ether oxygens (including phenoxy) is 1. The Balaban J connectivity index is 1.39. The molecule has 5 rings (SSSR count). The van der Waals surface area contributed by atoms with E-state index in [1.807, 2.05) is 36.4 Å². The Morgan fingerprint density at radius 3 is 2.54 bits per heavy atom. The smallest absolute Gasteiger partial charge is 0.241 e. The van der Waals surface area contributed by atoms with Gasteiger partial charge in [0.05, 0.1) is 23.6 Å². The second kappa shape index (κ2) is 10.5. The van der Waals surface area contributed by atoms with E-state index < -0.39 is 16.1 Å². The van der Waals surface area contributed by atoms with Crippen LogP contribution in [0.25, 0.3) is 10.8 Å². The van der Waals surface area contributed by atoms with E-state index in [1.165, 1.54) is 0 Å². The maximum absolute atomic E-state index is 13.5. The quantitative estimate of drug-likeness (QED) is 0.332. The van der Waals surface area contributed by atoms with E-state index >= 15 is 0 Å². The van der Waals surface area contributed by atoms with Crippen molar-refractivity contribution in [1.82, 2.24) is 10.0 Å². The Morgan fingerprint density at radius 1 is 0.973 bits per heavy atom. The number of rotatable bonds is 8. The summed E-state index contributed by atoms with van der Waals surface area (Å²) in [6.07, 6.45) is 1.22. The van der Waals surface area contributed by atoms with Gasteiger partial charge in [-0.2, -0.15) is 0 Å². The SMILES string of the molecule is O=Cc1ccc2c(c1)OCCC2NC(=O)CC(NS(=O)(=O)c1cccc2ccccc12)c1ccccc1. The van der Waals surface area contributed by atoms with Crippen LogP contribution in [0.4, 0.5) is 0 Å². The van der Waals surface area contributed by atoms with Crippen molar-refractivity contribution in [3.8, 4) is 5.75 Å². The molecule has 1 amide bonds. The average Bonchev–Trinajstić information content (AvgIpc) is 2.92. The van der Waals surface area contributed by atoms with Crippen LogP contribution in [0.5, 0.6) is 5.75 Å². The number of sulfonamides is 1. The maximum Gasteiger partial charge on any atom is 0.241 e. The molecule has 1 heterocycles. The highest BCUT2D eigenvalue weighted by Gasteiger charge is 2.28. The summed E-state index contributed by atoms with van der Waals surface area (Å²) in [7, 11) is -3.95. The zero-order chi connectivity index (χ0) is 25.8. The van der Waals surface area contributed by atoms with E-state index in [2.05, 4.69) is 10.0 Å². The number of hydrogen-bond donors (Lipinski definition) is 2. The Labute approximate surface area is 215 Å². The monoisotopic (exact) mass is 514 g/mol. The number of fused-ring (bicyclic) bond motifs is 2. The van der Waals surface area contributed by atoms with Gasteiger partial charge in [-0.05, 0) is 23.1 Å². The van der Waals surface area contributed by atoms with Crippen LogP contribution in [0.1, 0.15) is 46.4 Å². The van der Waals surface area contributed by atoms with Crippen molar-refractivity contribution in [1.29, 1.82) is 0 Å². The largest absolute Gasteiger partial charge is 0.493 e. The van der Waals surface area contributed by atoms with Gasteiger partial charge < -0.3 is 10.1 Å². The minimum absolute atomic E-state index is 0.0902. The van der Waals surface area contributed by atoms with Crippen LogP contribution in [-0.4, -0.2) is 27.2 Å². The number of hydrogen-bond acceptors (Lipinski definition) is 5. The standard InChI is InChI=1S/C29H26N2O5S/c32-19-20-13-14-24-25(15-16-36-27(24)17-20)30-29(33)18-26(22-8-2-1-3-9-22)31-37(34,35)28-12-6-10-21-7-4-5-11-23(21)28/h1-14,17,19,25-26,31H,15-16,18H2,(H,30,33).